The summed E-state index contributed by atoms with van der Waals surface area (Å²) >= 11 is 1.49. The molecule has 1 N–H and O–H groups in total. The summed E-state index contributed by atoms with van der Waals surface area (Å²) in [6.07, 6.45) is 1.70. The maximum atomic E-state index is 12.8. The fourth-order valence-electron chi connectivity index (χ4n) is 3.17. The minimum absolute atomic E-state index is 0.0686. The number of allylic oxidation sites excluding steroid dienone is 1. The van der Waals surface area contributed by atoms with Gasteiger partial charge in [-0.25, -0.2) is 4.98 Å². The number of amides is 1. The molecule has 0 saturated heterocycles. The Morgan fingerprint density at radius 3 is 2.45 bits per heavy atom. The molecule has 4 rings (SSSR count). The highest BCUT2D eigenvalue weighted by atomic mass is 32.2. The van der Waals surface area contributed by atoms with Gasteiger partial charge in [0.15, 0.2) is 5.16 Å². The molecule has 5 nitrogen and oxygen atoms in total. The molecule has 31 heavy (non-hydrogen) atoms. The molecule has 0 saturated carbocycles. The number of fused-ring (bicyclic) bond motifs is 1. The van der Waals surface area contributed by atoms with Gasteiger partial charge in [-0.1, -0.05) is 60.3 Å². The van der Waals surface area contributed by atoms with E-state index in [-0.39, 0.29) is 11.5 Å². The lowest BCUT2D eigenvalue weighted by molar-refractivity contribution is 0.102. The SMILES string of the molecule is C=CCn1c(SCc2ccc(C(=O)Nc3ccccc3)cc2)nc2ccccc2c1=O. The second-order valence-corrected chi connectivity index (χ2v) is 7.86. The lowest BCUT2D eigenvalue weighted by Gasteiger charge is -2.11. The van der Waals surface area contributed by atoms with Crippen LogP contribution in [-0.2, 0) is 12.3 Å². The van der Waals surface area contributed by atoms with Gasteiger partial charge in [0.1, 0.15) is 0 Å². The third kappa shape index (κ3) is 4.75. The van der Waals surface area contributed by atoms with Crippen molar-refractivity contribution in [2.75, 3.05) is 5.32 Å². The third-order valence-electron chi connectivity index (χ3n) is 4.75. The monoisotopic (exact) mass is 427 g/mol. The summed E-state index contributed by atoms with van der Waals surface area (Å²) < 4.78 is 1.64. The fraction of sp³-hybridized carbons (Fsp3) is 0.0800. The number of hydrogen-bond acceptors (Lipinski definition) is 4. The van der Waals surface area contributed by atoms with E-state index < -0.39 is 0 Å². The number of thioether (sulfide) groups is 1. The van der Waals surface area contributed by atoms with Gasteiger partial charge in [-0.3, -0.25) is 14.2 Å². The topological polar surface area (TPSA) is 64.0 Å². The number of rotatable bonds is 7. The zero-order valence-corrected chi connectivity index (χ0v) is 17.6. The van der Waals surface area contributed by atoms with E-state index in [9.17, 15) is 9.59 Å². The van der Waals surface area contributed by atoms with Gasteiger partial charge < -0.3 is 5.32 Å². The van der Waals surface area contributed by atoms with Crippen molar-refractivity contribution in [1.82, 2.24) is 9.55 Å². The summed E-state index contributed by atoms with van der Waals surface area (Å²) in [5.74, 6) is 0.476. The van der Waals surface area contributed by atoms with E-state index in [1.807, 2.05) is 60.7 Å². The van der Waals surface area contributed by atoms with Gasteiger partial charge in [0.2, 0.25) is 0 Å². The first-order valence-corrected chi connectivity index (χ1v) is 10.8. The van der Waals surface area contributed by atoms with Crippen LogP contribution in [0.25, 0.3) is 10.9 Å². The number of para-hydroxylation sites is 2. The Bertz CT molecular complexity index is 1280. The maximum absolute atomic E-state index is 12.8. The molecular formula is C25H21N3O2S. The molecule has 0 spiro atoms. The van der Waals surface area contributed by atoms with Crippen LogP contribution in [0, 0.1) is 0 Å². The van der Waals surface area contributed by atoms with Crippen LogP contribution in [0.3, 0.4) is 0 Å². The number of nitrogens with one attached hydrogen (secondary N) is 1. The minimum atomic E-state index is -0.151. The Balaban J connectivity index is 1.50. The predicted molar refractivity (Wildman–Crippen MR) is 127 cm³/mol. The number of carbonyl (C=O) groups excluding carboxylic acids is 1. The Labute approximate surface area is 184 Å². The Morgan fingerprint density at radius 2 is 1.71 bits per heavy atom. The van der Waals surface area contributed by atoms with Crippen molar-refractivity contribution in [3.63, 3.8) is 0 Å². The fourth-order valence-corrected chi connectivity index (χ4v) is 4.14. The highest BCUT2D eigenvalue weighted by Gasteiger charge is 2.11. The normalized spacial score (nSPS) is 10.7. The molecular weight excluding hydrogens is 406 g/mol. The molecule has 1 aromatic heterocycles. The summed E-state index contributed by atoms with van der Waals surface area (Å²) in [6.45, 7) is 4.16. The van der Waals surface area contributed by atoms with Gasteiger partial charge in [0.05, 0.1) is 10.9 Å². The summed E-state index contributed by atoms with van der Waals surface area (Å²) in [5, 5.41) is 4.13. The Morgan fingerprint density at radius 1 is 1.00 bits per heavy atom. The molecule has 0 aliphatic rings. The largest absolute Gasteiger partial charge is 0.322 e. The first-order chi connectivity index (χ1) is 15.2. The molecule has 6 heteroatoms. The highest BCUT2D eigenvalue weighted by Crippen LogP contribution is 2.22. The summed E-state index contributed by atoms with van der Waals surface area (Å²) in [4.78, 5) is 29.9. The van der Waals surface area contributed by atoms with Crippen molar-refractivity contribution >= 4 is 34.3 Å². The molecule has 1 heterocycles. The number of hydrogen-bond donors (Lipinski definition) is 1. The third-order valence-corrected chi connectivity index (χ3v) is 5.80. The second kappa shape index (κ2) is 9.45. The predicted octanol–water partition coefficient (Wildman–Crippen LogP) is 5.13. The van der Waals surface area contributed by atoms with Crippen molar-refractivity contribution in [1.29, 1.82) is 0 Å². The number of aromatic nitrogens is 2. The van der Waals surface area contributed by atoms with Crippen molar-refractivity contribution in [2.45, 2.75) is 17.5 Å². The number of carbonyl (C=O) groups is 1. The van der Waals surface area contributed by atoms with Crippen molar-refractivity contribution in [3.05, 3.63) is 113 Å². The molecule has 154 valence electrons. The van der Waals surface area contributed by atoms with E-state index in [1.54, 1.807) is 28.8 Å². The minimum Gasteiger partial charge on any atom is -0.322 e. The maximum Gasteiger partial charge on any atom is 0.262 e. The standard InChI is InChI=1S/C25H21N3O2S/c1-2-16-28-24(30)21-10-6-7-11-22(21)27-25(28)31-17-18-12-14-19(15-13-18)23(29)26-20-8-4-3-5-9-20/h2-15H,1,16-17H2,(H,26,29). The number of benzene rings is 3. The van der Waals surface area contributed by atoms with Gasteiger partial charge in [-0.05, 0) is 42.0 Å². The van der Waals surface area contributed by atoms with E-state index in [0.29, 0.717) is 33.9 Å². The van der Waals surface area contributed by atoms with Crippen LogP contribution >= 0.6 is 11.8 Å². The zero-order valence-electron chi connectivity index (χ0n) is 16.8. The molecule has 0 bridgehead atoms. The van der Waals surface area contributed by atoms with Crippen LogP contribution in [0.1, 0.15) is 15.9 Å². The second-order valence-electron chi connectivity index (χ2n) is 6.92. The quantitative estimate of drug-likeness (QED) is 0.252. The van der Waals surface area contributed by atoms with Gasteiger partial charge in [-0.15, -0.1) is 6.58 Å². The van der Waals surface area contributed by atoms with Gasteiger partial charge in [-0.2, -0.15) is 0 Å². The van der Waals surface area contributed by atoms with E-state index in [2.05, 4.69) is 16.9 Å². The van der Waals surface area contributed by atoms with Gasteiger partial charge >= 0.3 is 0 Å². The summed E-state index contributed by atoms with van der Waals surface area (Å²) in [6, 6.07) is 24.2. The summed E-state index contributed by atoms with van der Waals surface area (Å²) in [5.41, 5.74) is 3.00. The molecule has 0 atom stereocenters. The van der Waals surface area contributed by atoms with Crippen LogP contribution in [0.15, 0.2) is 101 Å². The van der Waals surface area contributed by atoms with E-state index in [4.69, 9.17) is 0 Å². The lowest BCUT2D eigenvalue weighted by atomic mass is 10.1. The average molecular weight is 428 g/mol. The van der Waals surface area contributed by atoms with Crippen LogP contribution in [0.2, 0.25) is 0 Å². The van der Waals surface area contributed by atoms with Crippen molar-refractivity contribution in [3.8, 4) is 0 Å². The molecule has 3 aromatic carbocycles. The zero-order chi connectivity index (χ0) is 21.6. The first-order valence-electron chi connectivity index (χ1n) is 9.84. The Kier molecular flexibility index (Phi) is 6.29. The van der Waals surface area contributed by atoms with E-state index >= 15 is 0 Å². The van der Waals surface area contributed by atoms with Gasteiger partial charge in [0.25, 0.3) is 11.5 Å². The molecule has 1 amide bonds. The molecule has 0 unspecified atom stereocenters. The van der Waals surface area contributed by atoms with E-state index in [0.717, 1.165) is 11.3 Å². The molecule has 0 aliphatic heterocycles. The Hall–Kier alpha value is -3.64. The van der Waals surface area contributed by atoms with E-state index in [1.165, 1.54) is 11.8 Å². The highest BCUT2D eigenvalue weighted by molar-refractivity contribution is 7.98. The molecule has 0 radical (unpaired) electrons. The average Bonchev–Trinajstić information content (AvgIpc) is 2.81. The molecule has 0 aliphatic carbocycles. The van der Waals surface area contributed by atoms with Crippen LogP contribution < -0.4 is 10.9 Å². The number of anilines is 1. The smallest absolute Gasteiger partial charge is 0.262 e. The van der Waals surface area contributed by atoms with Crippen molar-refractivity contribution < 1.29 is 4.79 Å². The van der Waals surface area contributed by atoms with Crippen LogP contribution in [0.5, 0.6) is 0 Å². The lowest BCUT2D eigenvalue weighted by Crippen LogP contribution is -2.22. The summed E-state index contributed by atoms with van der Waals surface area (Å²) in [7, 11) is 0. The number of nitrogens with zero attached hydrogens (tertiary/aromatic N) is 2. The molecule has 4 aromatic rings. The van der Waals surface area contributed by atoms with Crippen LogP contribution in [-0.4, -0.2) is 15.5 Å². The van der Waals surface area contributed by atoms with Gasteiger partial charge in [0, 0.05) is 23.5 Å². The van der Waals surface area contributed by atoms with Crippen LogP contribution in [0.4, 0.5) is 5.69 Å². The first kappa shape index (κ1) is 20.6. The van der Waals surface area contributed by atoms with Crippen molar-refractivity contribution in [2.24, 2.45) is 0 Å². The molecule has 0 fully saturated rings.